The molecule has 5 nitrogen and oxygen atoms in total. The van der Waals surface area contributed by atoms with E-state index in [1.54, 1.807) is 7.11 Å². The summed E-state index contributed by atoms with van der Waals surface area (Å²) in [6, 6.07) is 5.70. The Balaban J connectivity index is 1.83. The maximum Gasteiger partial charge on any atom is 0.246 e. The number of fused-ring (bicyclic) bond motifs is 1. The Labute approximate surface area is 118 Å². The van der Waals surface area contributed by atoms with Gasteiger partial charge < -0.3 is 19.7 Å². The van der Waals surface area contributed by atoms with Gasteiger partial charge in [0, 0.05) is 18.8 Å². The third kappa shape index (κ3) is 2.51. The molecule has 2 aliphatic rings. The van der Waals surface area contributed by atoms with Crippen LogP contribution in [-0.2, 0) is 16.0 Å². The van der Waals surface area contributed by atoms with Gasteiger partial charge in [-0.2, -0.15) is 0 Å². The predicted molar refractivity (Wildman–Crippen MR) is 76.3 cm³/mol. The fourth-order valence-electron chi connectivity index (χ4n) is 2.84. The number of morpholine rings is 1. The molecule has 0 spiro atoms. The van der Waals surface area contributed by atoms with Crippen LogP contribution in [0.5, 0.6) is 5.75 Å². The lowest BCUT2D eigenvalue weighted by Crippen LogP contribution is -2.53. The summed E-state index contributed by atoms with van der Waals surface area (Å²) in [5.41, 5.74) is 2.19. The van der Waals surface area contributed by atoms with E-state index in [2.05, 4.69) is 5.32 Å². The van der Waals surface area contributed by atoms with Gasteiger partial charge in [0.25, 0.3) is 0 Å². The molecule has 1 N–H and O–H groups in total. The Morgan fingerprint density at radius 3 is 3.15 bits per heavy atom. The molecule has 2 heterocycles. The minimum absolute atomic E-state index is 0.107. The summed E-state index contributed by atoms with van der Waals surface area (Å²) < 4.78 is 10.6. The average molecular weight is 276 g/mol. The molecule has 0 bridgehead atoms. The molecule has 2 aliphatic heterocycles. The summed E-state index contributed by atoms with van der Waals surface area (Å²) in [7, 11) is 1.66. The zero-order valence-electron chi connectivity index (χ0n) is 11.7. The van der Waals surface area contributed by atoms with Gasteiger partial charge in [-0.3, -0.25) is 4.79 Å². The Kier molecular flexibility index (Phi) is 3.89. The van der Waals surface area contributed by atoms with Crippen LogP contribution in [0.3, 0.4) is 0 Å². The number of nitrogens with one attached hydrogen (secondary N) is 1. The normalized spacial score (nSPS) is 22.2. The topological polar surface area (TPSA) is 50.8 Å². The molecule has 1 fully saturated rings. The number of anilines is 1. The summed E-state index contributed by atoms with van der Waals surface area (Å²) in [5.74, 6) is 0.952. The van der Waals surface area contributed by atoms with E-state index in [0.717, 1.165) is 37.4 Å². The SMILES string of the molecule is COc1ccc2c(c1)CCCN2C(=O)C1COCCN1. The van der Waals surface area contributed by atoms with E-state index in [9.17, 15) is 4.79 Å². The molecule has 1 atom stereocenters. The Morgan fingerprint density at radius 2 is 2.40 bits per heavy atom. The molecule has 1 saturated heterocycles. The molecule has 1 aromatic carbocycles. The van der Waals surface area contributed by atoms with Gasteiger partial charge in [0.1, 0.15) is 11.8 Å². The van der Waals surface area contributed by atoms with Gasteiger partial charge in [0.05, 0.1) is 20.3 Å². The average Bonchev–Trinajstić information content (AvgIpc) is 2.54. The van der Waals surface area contributed by atoms with E-state index in [1.165, 1.54) is 5.56 Å². The van der Waals surface area contributed by atoms with Crippen LogP contribution in [0.15, 0.2) is 18.2 Å². The Hall–Kier alpha value is -1.59. The lowest BCUT2D eigenvalue weighted by atomic mass is 10.0. The molecule has 1 amide bonds. The first-order valence-corrected chi connectivity index (χ1v) is 7.09. The molecule has 0 saturated carbocycles. The van der Waals surface area contributed by atoms with Crippen molar-refractivity contribution < 1.29 is 14.3 Å². The van der Waals surface area contributed by atoms with Crippen LogP contribution in [0.25, 0.3) is 0 Å². The van der Waals surface area contributed by atoms with E-state index in [1.807, 2.05) is 23.1 Å². The first-order valence-electron chi connectivity index (χ1n) is 7.09. The minimum Gasteiger partial charge on any atom is -0.497 e. The van der Waals surface area contributed by atoms with Crippen molar-refractivity contribution in [3.63, 3.8) is 0 Å². The monoisotopic (exact) mass is 276 g/mol. The van der Waals surface area contributed by atoms with E-state index in [4.69, 9.17) is 9.47 Å². The highest BCUT2D eigenvalue weighted by Gasteiger charge is 2.30. The summed E-state index contributed by atoms with van der Waals surface area (Å²) in [4.78, 5) is 14.5. The number of carbonyl (C=O) groups excluding carboxylic acids is 1. The van der Waals surface area contributed by atoms with Crippen molar-refractivity contribution in [3.05, 3.63) is 23.8 Å². The number of hydrogen-bond donors (Lipinski definition) is 1. The third-order valence-electron chi connectivity index (χ3n) is 3.89. The number of nitrogens with zero attached hydrogens (tertiary/aromatic N) is 1. The summed E-state index contributed by atoms with van der Waals surface area (Å²) in [6.45, 7) is 2.65. The number of hydrogen-bond acceptors (Lipinski definition) is 4. The molecular weight excluding hydrogens is 256 g/mol. The smallest absolute Gasteiger partial charge is 0.246 e. The van der Waals surface area contributed by atoms with E-state index in [0.29, 0.717) is 13.2 Å². The largest absolute Gasteiger partial charge is 0.497 e. The van der Waals surface area contributed by atoms with Crippen LogP contribution in [0, 0.1) is 0 Å². The van der Waals surface area contributed by atoms with Crippen LogP contribution >= 0.6 is 0 Å². The molecule has 0 aromatic heterocycles. The van der Waals surface area contributed by atoms with Crippen molar-refractivity contribution in [2.45, 2.75) is 18.9 Å². The zero-order valence-corrected chi connectivity index (χ0v) is 11.7. The fraction of sp³-hybridized carbons (Fsp3) is 0.533. The van der Waals surface area contributed by atoms with Crippen molar-refractivity contribution in [3.8, 4) is 5.75 Å². The number of benzene rings is 1. The number of amides is 1. The van der Waals surface area contributed by atoms with Gasteiger partial charge in [-0.1, -0.05) is 0 Å². The van der Waals surface area contributed by atoms with Crippen molar-refractivity contribution in [2.24, 2.45) is 0 Å². The number of rotatable bonds is 2. The van der Waals surface area contributed by atoms with Crippen LogP contribution in [0.2, 0.25) is 0 Å². The molecule has 1 unspecified atom stereocenters. The maximum absolute atomic E-state index is 12.6. The van der Waals surface area contributed by atoms with Gasteiger partial charge >= 0.3 is 0 Å². The summed E-state index contributed by atoms with van der Waals surface area (Å²) in [6.07, 6.45) is 1.98. The van der Waals surface area contributed by atoms with Gasteiger partial charge in [0.15, 0.2) is 0 Å². The van der Waals surface area contributed by atoms with Crippen LogP contribution in [-0.4, -0.2) is 45.4 Å². The predicted octanol–water partition coefficient (Wildman–Crippen LogP) is 0.963. The molecule has 20 heavy (non-hydrogen) atoms. The van der Waals surface area contributed by atoms with Crippen LogP contribution in [0.4, 0.5) is 5.69 Å². The van der Waals surface area contributed by atoms with Crippen LogP contribution < -0.4 is 15.0 Å². The first kappa shape index (κ1) is 13.4. The Morgan fingerprint density at radius 1 is 1.50 bits per heavy atom. The zero-order chi connectivity index (χ0) is 13.9. The summed E-state index contributed by atoms with van der Waals surface area (Å²) >= 11 is 0. The number of carbonyl (C=O) groups is 1. The first-order chi connectivity index (χ1) is 9.79. The fourth-order valence-corrected chi connectivity index (χ4v) is 2.84. The molecule has 0 radical (unpaired) electrons. The van der Waals surface area contributed by atoms with Gasteiger partial charge in [-0.05, 0) is 36.6 Å². The van der Waals surface area contributed by atoms with Crippen molar-refractivity contribution in [1.82, 2.24) is 5.32 Å². The van der Waals surface area contributed by atoms with Crippen LogP contribution in [0.1, 0.15) is 12.0 Å². The van der Waals surface area contributed by atoms with Gasteiger partial charge in [0.2, 0.25) is 5.91 Å². The Bertz CT molecular complexity index is 498. The standard InChI is InChI=1S/C15H20N2O3/c1-19-12-4-5-14-11(9-12)3-2-7-17(14)15(18)13-10-20-8-6-16-13/h4-5,9,13,16H,2-3,6-8,10H2,1H3. The van der Waals surface area contributed by atoms with E-state index < -0.39 is 0 Å². The maximum atomic E-state index is 12.6. The third-order valence-corrected chi connectivity index (χ3v) is 3.89. The van der Waals surface area contributed by atoms with Gasteiger partial charge in [-0.25, -0.2) is 0 Å². The number of aryl methyl sites for hydroxylation is 1. The molecular formula is C15H20N2O3. The number of methoxy groups -OCH3 is 1. The second kappa shape index (κ2) is 5.81. The molecule has 0 aliphatic carbocycles. The van der Waals surface area contributed by atoms with Crippen molar-refractivity contribution >= 4 is 11.6 Å². The molecule has 1 aromatic rings. The second-order valence-electron chi connectivity index (χ2n) is 5.17. The second-order valence-corrected chi connectivity index (χ2v) is 5.17. The lowest BCUT2D eigenvalue weighted by Gasteiger charge is -2.34. The lowest BCUT2D eigenvalue weighted by molar-refractivity contribution is -0.123. The number of ether oxygens (including phenoxy) is 2. The summed E-state index contributed by atoms with van der Waals surface area (Å²) in [5, 5.41) is 3.23. The van der Waals surface area contributed by atoms with Crippen molar-refractivity contribution in [2.75, 3.05) is 38.3 Å². The molecule has 3 rings (SSSR count). The van der Waals surface area contributed by atoms with E-state index in [-0.39, 0.29) is 11.9 Å². The van der Waals surface area contributed by atoms with Crippen molar-refractivity contribution in [1.29, 1.82) is 0 Å². The highest BCUT2D eigenvalue weighted by Crippen LogP contribution is 2.30. The van der Waals surface area contributed by atoms with Gasteiger partial charge in [-0.15, -0.1) is 0 Å². The van der Waals surface area contributed by atoms with E-state index >= 15 is 0 Å². The highest BCUT2D eigenvalue weighted by molar-refractivity contribution is 5.98. The quantitative estimate of drug-likeness (QED) is 0.874. The highest BCUT2D eigenvalue weighted by atomic mass is 16.5. The minimum atomic E-state index is -0.225. The molecule has 5 heteroatoms. The molecule has 108 valence electrons.